The fourth-order valence-electron chi connectivity index (χ4n) is 2.38. The number of rotatable bonds is 6. The van der Waals surface area contributed by atoms with Gasteiger partial charge in [-0.05, 0) is 36.4 Å². The van der Waals surface area contributed by atoms with Crippen molar-refractivity contribution in [3.8, 4) is 0 Å². The SMILES string of the molecule is Bc1cccc(Nc2cc(Nc3cccc(NC(=O)C=C)c3)ncn2)c1. The van der Waals surface area contributed by atoms with Gasteiger partial charge in [-0.3, -0.25) is 4.79 Å². The fraction of sp³-hybridized carbons (Fsp3) is 0. The molecule has 0 saturated carbocycles. The number of nitrogens with one attached hydrogen (secondary N) is 3. The molecule has 3 N–H and O–H groups in total. The summed E-state index contributed by atoms with van der Waals surface area (Å²) in [6.07, 6.45) is 2.72. The normalized spacial score (nSPS) is 10.0. The zero-order valence-electron chi connectivity index (χ0n) is 14.4. The molecule has 128 valence electrons. The molecular weight excluding hydrogens is 325 g/mol. The van der Waals surface area contributed by atoms with Crippen molar-refractivity contribution in [1.29, 1.82) is 0 Å². The van der Waals surface area contributed by atoms with E-state index in [2.05, 4.69) is 32.5 Å². The van der Waals surface area contributed by atoms with E-state index in [1.54, 1.807) is 6.07 Å². The number of benzene rings is 2. The average Bonchev–Trinajstić information content (AvgIpc) is 2.62. The van der Waals surface area contributed by atoms with Gasteiger partial charge in [0.25, 0.3) is 0 Å². The van der Waals surface area contributed by atoms with E-state index >= 15 is 0 Å². The maximum absolute atomic E-state index is 11.4. The van der Waals surface area contributed by atoms with Gasteiger partial charge in [-0.1, -0.05) is 30.2 Å². The minimum atomic E-state index is -0.256. The topological polar surface area (TPSA) is 78.9 Å². The highest BCUT2D eigenvalue weighted by atomic mass is 16.1. The quantitative estimate of drug-likeness (QED) is 0.473. The van der Waals surface area contributed by atoms with E-state index in [1.807, 2.05) is 56.4 Å². The Morgan fingerprint density at radius 2 is 1.54 bits per heavy atom. The van der Waals surface area contributed by atoms with Crippen molar-refractivity contribution in [2.75, 3.05) is 16.0 Å². The summed E-state index contributed by atoms with van der Waals surface area (Å²) in [7, 11) is 2.04. The predicted molar refractivity (Wildman–Crippen MR) is 108 cm³/mol. The maximum atomic E-state index is 11.4. The second kappa shape index (κ2) is 7.98. The van der Waals surface area contributed by atoms with Gasteiger partial charge >= 0.3 is 0 Å². The van der Waals surface area contributed by atoms with Gasteiger partial charge < -0.3 is 16.0 Å². The Hall–Kier alpha value is -3.61. The van der Waals surface area contributed by atoms with E-state index < -0.39 is 0 Å². The van der Waals surface area contributed by atoms with Crippen LogP contribution >= 0.6 is 0 Å². The molecule has 6 nitrogen and oxygen atoms in total. The van der Waals surface area contributed by atoms with E-state index in [4.69, 9.17) is 0 Å². The van der Waals surface area contributed by atoms with Gasteiger partial charge in [0.2, 0.25) is 5.91 Å². The van der Waals surface area contributed by atoms with Crippen molar-refractivity contribution in [3.63, 3.8) is 0 Å². The molecule has 1 aromatic heterocycles. The summed E-state index contributed by atoms with van der Waals surface area (Å²) in [6, 6.07) is 17.2. The lowest BCUT2D eigenvalue weighted by Gasteiger charge is -2.10. The van der Waals surface area contributed by atoms with Crippen LogP contribution in [0.1, 0.15) is 0 Å². The number of amides is 1. The molecule has 0 aliphatic carbocycles. The van der Waals surface area contributed by atoms with E-state index in [1.165, 1.54) is 17.9 Å². The fourth-order valence-corrected chi connectivity index (χ4v) is 2.38. The van der Waals surface area contributed by atoms with Crippen LogP contribution in [0.15, 0.2) is 73.6 Å². The van der Waals surface area contributed by atoms with E-state index in [0.29, 0.717) is 17.3 Å². The zero-order chi connectivity index (χ0) is 18.4. The summed E-state index contributed by atoms with van der Waals surface area (Å²) >= 11 is 0. The minimum Gasteiger partial charge on any atom is -0.340 e. The van der Waals surface area contributed by atoms with E-state index in [-0.39, 0.29) is 5.91 Å². The molecule has 0 atom stereocenters. The van der Waals surface area contributed by atoms with Crippen LogP contribution in [0.5, 0.6) is 0 Å². The predicted octanol–water partition coefficient (Wildman–Crippen LogP) is 2.35. The molecule has 26 heavy (non-hydrogen) atoms. The molecule has 0 unspecified atom stereocenters. The van der Waals surface area contributed by atoms with Crippen LogP contribution < -0.4 is 21.4 Å². The Balaban J connectivity index is 1.73. The maximum Gasteiger partial charge on any atom is 0.247 e. The Morgan fingerprint density at radius 3 is 2.19 bits per heavy atom. The Morgan fingerprint density at radius 1 is 0.923 bits per heavy atom. The van der Waals surface area contributed by atoms with Crippen LogP contribution in [-0.2, 0) is 4.79 Å². The van der Waals surface area contributed by atoms with Crippen LogP contribution in [-0.4, -0.2) is 23.7 Å². The van der Waals surface area contributed by atoms with Crippen LogP contribution in [0, 0.1) is 0 Å². The van der Waals surface area contributed by atoms with Gasteiger partial charge in [0, 0.05) is 23.1 Å². The lowest BCUT2D eigenvalue weighted by molar-refractivity contribution is -0.111. The second-order valence-corrected chi connectivity index (χ2v) is 5.68. The standard InChI is InChI=1S/C19H18BN5O/c1-2-19(26)25-16-8-4-7-15(10-16)24-18-11-17(21-12-22-18)23-14-6-3-5-13(20)9-14/h2-12H,1,20H2,(H,25,26)(H2,21,22,23,24). The molecule has 0 aliphatic rings. The highest BCUT2D eigenvalue weighted by Gasteiger charge is 2.03. The van der Waals surface area contributed by atoms with Crippen LogP contribution in [0.3, 0.4) is 0 Å². The van der Waals surface area contributed by atoms with Gasteiger partial charge in [-0.25, -0.2) is 9.97 Å². The molecule has 0 aliphatic heterocycles. The number of hydrogen-bond donors (Lipinski definition) is 3. The summed E-state index contributed by atoms with van der Waals surface area (Å²) in [5, 5.41) is 9.19. The zero-order valence-corrected chi connectivity index (χ0v) is 14.4. The molecule has 2 aromatic carbocycles. The Labute approximate surface area is 152 Å². The van der Waals surface area contributed by atoms with Crippen LogP contribution in [0.25, 0.3) is 0 Å². The summed E-state index contributed by atoms with van der Waals surface area (Å²) in [4.78, 5) is 19.9. The monoisotopic (exact) mass is 343 g/mol. The third-order valence-corrected chi connectivity index (χ3v) is 3.55. The lowest BCUT2D eigenvalue weighted by atomic mass is 9.96. The van der Waals surface area contributed by atoms with Gasteiger partial charge in [-0.15, -0.1) is 0 Å². The third-order valence-electron chi connectivity index (χ3n) is 3.55. The first-order chi connectivity index (χ1) is 12.6. The summed E-state index contributed by atoms with van der Waals surface area (Å²) < 4.78 is 0. The third kappa shape index (κ3) is 4.70. The molecule has 0 saturated heterocycles. The minimum absolute atomic E-state index is 0.256. The Bertz CT molecular complexity index is 944. The molecule has 0 bridgehead atoms. The molecule has 7 heteroatoms. The summed E-state index contributed by atoms with van der Waals surface area (Å²) in [6.45, 7) is 3.44. The van der Waals surface area contributed by atoms with Gasteiger partial charge in [-0.2, -0.15) is 0 Å². The van der Waals surface area contributed by atoms with E-state index in [0.717, 1.165) is 11.4 Å². The molecular formula is C19H18BN5O. The van der Waals surface area contributed by atoms with Gasteiger partial charge in [0.1, 0.15) is 25.8 Å². The van der Waals surface area contributed by atoms with Crippen LogP contribution in [0.2, 0.25) is 0 Å². The smallest absolute Gasteiger partial charge is 0.247 e. The largest absolute Gasteiger partial charge is 0.340 e. The van der Waals surface area contributed by atoms with Crippen molar-refractivity contribution >= 4 is 47.9 Å². The molecule has 0 radical (unpaired) electrons. The first-order valence-corrected chi connectivity index (χ1v) is 8.08. The highest BCUT2D eigenvalue weighted by Crippen LogP contribution is 2.21. The highest BCUT2D eigenvalue weighted by molar-refractivity contribution is 6.32. The Kier molecular flexibility index (Phi) is 5.29. The number of carbonyl (C=O) groups excluding carboxylic acids is 1. The van der Waals surface area contributed by atoms with Crippen molar-refractivity contribution < 1.29 is 4.79 Å². The first-order valence-electron chi connectivity index (χ1n) is 8.08. The summed E-state index contributed by atoms with van der Waals surface area (Å²) in [5.74, 6) is 1.07. The number of carbonyl (C=O) groups is 1. The first kappa shape index (κ1) is 17.2. The number of hydrogen-bond acceptors (Lipinski definition) is 5. The number of nitrogens with zero attached hydrogens (tertiary/aromatic N) is 2. The number of aromatic nitrogens is 2. The second-order valence-electron chi connectivity index (χ2n) is 5.68. The van der Waals surface area contributed by atoms with Crippen molar-refractivity contribution in [2.45, 2.75) is 0 Å². The van der Waals surface area contributed by atoms with Gasteiger partial charge in [0.05, 0.1) is 0 Å². The van der Waals surface area contributed by atoms with Crippen LogP contribution in [0.4, 0.5) is 28.7 Å². The summed E-state index contributed by atoms with van der Waals surface area (Å²) in [5.41, 5.74) is 3.60. The molecule has 3 aromatic rings. The molecule has 0 fully saturated rings. The molecule has 1 heterocycles. The number of anilines is 5. The van der Waals surface area contributed by atoms with E-state index in [9.17, 15) is 4.79 Å². The molecule has 0 spiro atoms. The van der Waals surface area contributed by atoms with Crippen molar-refractivity contribution in [3.05, 3.63) is 73.6 Å². The lowest BCUT2D eigenvalue weighted by Crippen LogP contribution is -2.07. The van der Waals surface area contributed by atoms with Crippen molar-refractivity contribution in [2.24, 2.45) is 0 Å². The molecule has 3 rings (SSSR count). The van der Waals surface area contributed by atoms with Gasteiger partial charge in [0.15, 0.2) is 0 Å². The average molecular weight is 343 g/mol. The molecule has 1 amide bonds. The van der Waals surface area contributed by atoms with Crippen molar-refractivity contribution in [1.82, 2.24) is 9.97 Å².